The van der Waals surface area contributed by atoms with Gasteiger partial charge in [0.05, 0.1) is 36.2 Å². The van der Waals surface area contributed by atoms with E-state index in [2.05, 4.69) is 10.0 Å². The minimum Gasteiger partial charge on any atom is -0.495 e. The Labute approximate surface area is 255 Å². The van der Waals surface area contributed by atoms with E-state index in [0.29, 0.717) is 38.4 Å². The molecule has 4 rings (SSSR count). The van der Waals surface area contributed by atoms with Crippen LogP contribution in [-0.2, 0) is 26.6 Å². The summed E-state index contributed by atoms with van der Waals surface area (Å²) < 4.78 is 59.9. The van der Waals surface area contributed by atoms with Crippen molar-refractivity contribution < 1.29 is 26.4 Å². The summed E-state index contributed by atoms with van der Waals surface area (Å²) in [6.45, 7) is 1.74. The Bertz CT molecular complexity index is 1810. The van der Waals surface area contributed by atoms with Gasteiger partial charge in [0.15, 0.2) is 0 Å². The van der Waals surface area contributed by atoms with Crippen molar-refractivity contribution in [1.29, 1.82) is 0 Å². The summed E-state index contributed by atoms with van der Waals surface area (Å²) in [5.74, 6) is -0.0915. The minimum absolute atomic E-state index is 0.00657. The summed E-state index contributed by atoms with van der Waals surface area (Å²) in [6, 6.07) is 21.7. The number of benzene rings is 4. The van der Waals surface area contributed by atoms with Gasteiger partial charge in [-0.2, -0.15) is 0 Å². The molecule has 0 aliphatic rings. The summed E-state index contributed by atoms with van der Waals surface area (Å²) in [6.07, 6.45) is 1.06. The number of sulfonamides is 2. The summed E-state index contributed by atoms with van der Waals surface area (Å²) in [5, 5.41) is 3.37. The van der Waals surface area contributed by atoms with Crippen LogP contribution in [0.25, 0.3) is 0 Å². The topological polar surface area (TPSA) is 122 Å². The highest BCUT2D eigenvalue weighted by Crippen LogP contribution is 2.30. The molecule has 4 aromatic carbocycles. The van der Waals surface area contributed by atoms with Gasteiger partial charge in [0.2, 0.25) is 10.0 Å². The summed E-state index contributed by atoms with van der Waals surface area (Å²) in [5.41, 5.74) is 2.55. The van der Waals surface area contributed by atoms with E-state index in [1.807, 2.05) is 6.92 Å². The zero-order valence-corrected chi connectivity index (χ0v) is 25.9. The van der Waals surface area contributed by atoms with Crippen molar-refractivity contribution in [2.24, 2.45) is 0 Å². The van der Waals surface area contributed by atoms with Gasteiger partial charge in [-0.1, -0.05) is 35.3 Å². The fraction of sp³-hybridized carbons (Fsp3) is 0.138. The summed E-state index contributed by atoms with van der Waals surface area (Å²) >= 11 is 12.5. The van der Waals surface area contributed by atoms with E-state index >= 15 is 0 Å². The number of carbonyl (C=O) groups is 1. The molecule has 0 saturated carbocycles. The van der Waals surface area contributed by atoms with Crippen molar-refractivity contribution in [1.82, 2.24) is 0 Å². The third kappa shape index (κ3) is 7.35. The molecule has 220 valence electrons. The lowest BCUT2D eigenvalue weighted by Gasteiger charge is -2.23. The van der Waals surface area contributed by atoms with Crippen molar-refractivity contribution in [3.63, 3.8) is 0 Å². The molecule has 0 radical (unpaired) electrons. The summed E-state index contributed by atoms with van der Waals surface area (Å²) in [7, 11) is -6.20. The number of nitrogens with zero attached hydrogens (tertiary/aromatic N) is 1. The third-order valence-electron chi connectivity index (χ3n) is 6.20. The number of methoxy groups -OCH3 is 1. The Hall–Kier alpha value is -3.77. The van der Waals surface area contributed by atoms with Gasteiger partial charge in [0, 0.05) is 26.9 Å². The molecule has 42 heavy (non-hydrogen) atoms. The molecule has 1 amide bonds. The minimum atomic E-state index is -3.93. The number of halogens is 2. The predicted molar refractivity (Wildman–Crippen MR) is 167 cm³/mol. The van der Waals surface area contributed by atoms with Gasteiger partial charge in [0.25, 0.3) is 15.9 Å². The van der Waals surface area contributed by atoms with Crippen molar-refractivity contribution >= 4 is 66.2 Å². The second-order valence-electron chi connectivity index (χ2n) is 9.30. The molecule has 4 aromatic rings. The van der Waals surface area contributed by atoms with E-state index in [9.17, 15) is 21.6 Å². The van der Waals surface area contributed by atoms with Crippen LogP contribution in [-0.4, -0.2) is 36.1 Å². The summed E-state index contributed by atoms with van der Waals surface area (Å²) in [4.78, 5) is 12.9. The van der Waals surface area contributed by atoms with Gasteiger partial charge in [-0.25, -0.2) is 16.8 Å². The molecule has 0 unspecified atom stereocenters. The monoisotopic (exact) mass is 647 g/mol. The van der Waals surface area contributed by atoms with Gasteiger partial charge in [-0.05, 0) is 85.3 Å². The molecule has 0 heterocycles. The predicted octanol–water partition coefficient (Wildman–Crippen LogP) is 6.33. The van der Waals surface area contributed by atoms with E-state index < -0.39 is 26.0 Å². The molecular weight excluding hydrogens is 621 g/mol. The first-order chi connectivity index (χ1) is 19.8. The molecule has 0 bridgehead atoms. The van der Waals surface area contributed by atoms with Crippen LogP contribution in [0.1, 0.15) is 21.5 Å². The van der Waals surface area contributed by atoms with Crippen LogP contribution in [0.2, 0.25) is 10.0 Å². The van der Waals surface area contributed by atoms with Crippen LogP contribution in [0.15, 0.2) is 89.8 Å². The molecule has 0 aromatic heterocycles. The third-order valence-corrected chi connectivity index (χ3v) is 9.43. The number of hydrogen-bond acceptors (Lipinski definition) is 6. The Morgan fingerprint density at radius 3 is 2.07 bits per heavy atom. The Kier molecular flexibility index (Phi) is 9.37. The van der Waals surface area contributed by atoms with Crippen LogP contribution in [0.3, 0.4) is 0 Å². The molecule has 9 nitrogen and oxygen atoms in total. The zero-order valence-electron chi connectivity index (χ0n) is 22.8. The smallest absolute Gasteiger partial charge is 0.262 e. The Morgan fingerprint density at radius 1 is 0.881 bits per heavy atom. The van der Waals surface area contributed by atoms with Gasteiger partial charge in [0.1, 0.15) is 5.75 Å². The lowest BCUT2D eigenvalue weighted by Crippen LogP contribution is -2.29. The first kappa shape index (κ1) is 31.2. The Balaban J connectivity index is 1.47. The van der Waals surface area contributed by atoms with Crippen molar-refractivity contribution in [2.75, 3.05) is 27.7 Å². The standard InChI is InChI=1S/C29H27Cl2N3O6S2/c1-19-7-16-28(40-2)27(17-19)33-42(38,39)23-14-10-21(11-15-23)32-29(35)20-8-12-22(13-9-20)34(41(3,36)37)18-24-25(30)5-4-6-26(24)31/h4-17,33H,18H2,1-3H3,(H,32,35). The molecule has 0 aliphatic carbocycles. The van der Waals surface area contributed by atoms with Crippen LogP contribution >= 0.6 is 23.2 Å². The second kappa shape index (κ2) is 12.6. The van der Waals surface area contributed by atoms with E-state index in [1.54, 1.807) is 36.4 Å². The van der Waals surface area contributed by atoms with Gasteiger partial charge >= 0.3 is 0 Å². The van der Waals surface area contributed by atoms with Crippen LogP contribution in [0.4, 0.5) is 17.1 Å². The zero-order chi connectivity index (χ0) is 30.7. The number of rotatable bonds is 10. The first-order valence-corrected chi connectivity index (χ1v) is 16.5. The average Bonchev–Trinajstić information content (AvgIpc) is 2.92. The fourth-order valence-corrected chi connectivity index (χ4v) is 6.48. The lowest BCUT2D eigenvalue weighted by molar-refractivity contribution is 0.102. The molecule has 0 fully saturated rings. The van der Waals surface area contributed by atoms with Gasteiger partial charge in [-0.3, -0.25) is 13.8 Å². The van der Waals surface area contributed by atoms with Crippen molar-refractivity contribution in [2.45, 2.75) is 18.4 Å². The quantitative estimate of drug-likeness (QED) is 0.207. The van der Waals surface area contributed by atoms with E-state index in [-0.39, 0.29) is 17.0 Å². The van der Waals surface area contributed by atoms with Crippen LogP contribution in [0, 0.1) is 6.92 Å². The molecule has 13 heteroatoms. The number of anilines is 3. The highest BCUT2D eigenvalue weighted by atomic mass is 35.5. The van der Waals surface area contributed by atoms with Crippen LogP contribution in [0.5, 0.6) is 5.75 Å². The molecule has 0 spiro atoms. The van der Waals surface area contributed by atoms with Crippen molar-refractivity contribution in [3.05, 3.63) is 112 Å². The highest BCUT2D eigenvalue weighted by molar-refractivity contribution is 7.92. The second-order valence-corrected chi connectivity index (χ2v) is 13.7. The lowest BCUT2D eigenvalue weighted by atomic mass is 10.1. The number of nitrogens with one attached hydrogen (secondary N) is 2. The molecule has 2 N–H and O–H groups in total. The number of amides is 1. The number of ether oxygens (including phenoxy) is 1. The maximum atomic E-state index is 12.9. The van der Waals surface area contributed by atoms with E-state index in [4.69, 9.17) is 27.9 Å². The number of hydrogen-bond donors (Lipinski definition) is 2. The normalized spacial score (nSPS) is 11.5. The molecular formula is C29H27Cl2N3O6S2. The van der Waals surface area contributed by atoms with Crippen LogP contribution < -0.4 is 19.1 Å². The van der Waals surface area contributed by atoms with Gasteiger partial charge in [-0.15, -0.1) is 0 Å². The first-order valence-electron chi connectivity index (χ1n) is 12.4. The Morgan fingerprint density at radius 2 is 1.50 bits per heavy atom. The molecule has 0 atom stereocenters. The molecule has 0 saturated heterocycles. The molecule has 0 aliphatic heterocycles. The average molecular weight is 649 g/mol. The fourth-order valence-electron chi connectivity index (χ4n) is 4.03. The van der Waals surface area contributed by atoms with E-state index in [1.165, 1.54) is 55.6 Å². The number of aryl methyl sites for hydroxylation is 1. The maximum absolute atomic E-state index is 12.9. The van der Waals surface area contributed by atoms with E-state index in [0.717, 1.165) is 16.1 Å². The number of carbonyl (C=O) groups excluding carboxylic acids is 1. The van der Waals surface area contributed by atoms with Gasteiger partial charge < -0.3 is 10.1 Å². The largest absolute Gasteiger partial charge is 0.495 e. The van der Waals surface area contributed by atoms with Crippen molar-refractivity contribution in [3.8, 4) is 5.75 Å². The highest BCUT2D eigenvalue weighted by Gasteiger charge is 2.21. The maximum Gasteiger partial charge on any atom is 0.262 e. The SMILES string of the molecule is COc1ccc(C)cc1NS(=O)(=O)c1ccc(NC(=O)c2ccc(N(Cc3c(Cl)cccc3Cl)S(C)(=O)=O)cc2)cc1.